The zero-order valence-corrected chi connectivity index (χ0v) is 34.4. The van der Waals surface area contributed by atoms with Crippen LogP contribution in [-0.2, 0) is 23.7 Å². The first-order chi connectivity index (χ1) is 26.1. The molecule has 2 saturated carbocycles. The number of hydrogen-bond donors (Lipinski definition) is 9. The molecule has 14 nitrogen and oxygen atoms in total. The van der Waals surface area contributed by atoms with E-state index in [9.17, 15) is 50.8 Å². The van der Waals surface area contributed by atoms with Crippen LogP contribution in [0.3, 0.4) is 0 Å². The molecule has 56 heavy (non-hydrogen) atoms. The Labute approximate surface area is 331 Å². The second kappa shape index (κ2) is 16.3. The minimum Gasteiger partial charge on any atom is -0.479 e. The van der Waals surface area contributed by atoms with Crippen molar-refractivity contribution in [2.24, 2.45) is 51.8 Å². The first-order valence-corrected chi connectivity index (χ1v) is 21.1. The molecule has 322 valence electrons. The standard InChI is InChI=1S/C42H70O14/c1-18(2)19(3)28(43)29(44)20(4)22-10-11-23-21-9-12-26-40(5,6)27(14-16-42(26,8)24(21)13-15-41(22,23)7)55-39-35(50)31(46)30(45)25(54-39)17-53-38-34(49)32(47)33(48)36(56-38)37(51)52/h18-20,22-23,25-36,38-39,43-50H,9-17H2,1-8H3,(H,51,52). The fourth-order valence-electron chi connectivity index (χ4n) is 12.4. The van der Waals surface area contributed by atoms with Gasteiger partial charge in [0, 0.05) is 0 Å². The van der Waals surface area contributed by atoms with Crippen molar-refractivity contribution in [3.8, 4) is 0 Å². The van der Waals surface area contributed by atoms with Gasteiger partial charge < -0.3 is 64.9 Å². The lowest BCUT2D eigenvalue weighted by molar-refractivity contribution is -0.341. The Morgan fingerprint density at radius 2 is 1.41 bits per heavy atom. The van der Waals surface area contributed by atoms with Gasteiger partial charge in [0.2, 0.25) is 0 Å². The van der Waals surface area contributed by atoms with Crippen molar-refractivity contribution in [1.82, 2.24) is 0 Å². The number of aliphatic hydroxyl groups is 8. The van der Waals surface area contributed by atoms with Crippen LogP contribution in [0, 0.1) is 51.8 Å². The highest BCUT2D eigenvalue weighted by Crippen LogP contribution is 2.68. The third-order valence-corrected chi connectivity index (χ3v) is 16.3. The van der Waals surface area contributed by atoms with Gasteiger partial charge in [-0.3, -0.25) is 0 Å². The average molecular weight is 799 g/mol. The lowest BCUT2D eigenvalue weighted by Gasteiger charge is -2.61. The topological polar surface area (TPSA) is 236 Å². The second-order valence-electron chi connectivity index (χ2n) is 19.8. The van der Waals surface area contributed by atoms with Crippen LogP contribution in [0.4, 0.5) is 0 Å². The number of allylic oxidation sites excluding steroid dienone is 2. The van der Waals surface area contributed by atoms with Crippen LogP contribution in [0.1, 0.15) is 107 Å². The molecule has 4 fully saturated rings. The highest BCUT2D eigenvalue weighted by atomic mass is 16.7. The maximum absolute atomic E-state index is 11.5. The van der Waals surface area contributed by atoms with Gasteiger partial charge in [0.1, 0.15) is 42.7 Å². The zero-order valence-electron chi connectivity index (χ0n) is 34.4. The molecule has 0 spiro atoms. The summed E-state index contributed by atoms with van der Waals surface area (Å²) in [7, 11) is 0. The number of aliphatic carboxylic acids is 1. The molecular formula is C42H70O14. The number of carboxylic acid groups (broad SMARTS) is 1. The lowest BCUT2D eigenvalue weighted by Crippen LogP contribution is -2.63. The third-order valence-electron chi connectivity index (χ3n) is 16.3. The molecule has 6 aliphatic rings. The van der Waals surface area contributed by atoms with Crippen molar-refractivity contribution in [3.63, 3.8) is 0 Å². The third kappa shape index (κ3) is 7.44. The van der Waals surface area contributed by atoms with Crippen LogP contribution < -0.4 is 0 Å². The van der Waals surface area contributed by atoms with E-state index in [4.69, 9.17) is 18.9 Å². The zero-order chi connectivity index (χ0) is 41.4. The van der Waals surface area contributed by atoms with Gasteiger partial charge in [-0.15, -0.1) is 0 Å². The van der Waals surface area contributed by atoms with E-state index in [0.29, 0.717) is 18.3 Å². The van der Waals surface area contributed by atoms with E-state index in [2.05, 4.69) is 48.5 Å². The van der Waals surface area contributed by atoms with E-state index in [-0.39, 0.29) is 46.0 Å². The summed E-state index contributed by atoms with van der Waals surface area (Å²) in [6, 6.07) is 0. The molecule has 6 rings (SSSR count). The largest absolute Gasteiger partial charge is 0.479 e. The summed E-state index contributed by atoms with van der Waals surface area (Å²) in [5.41, 5.74) is 2.80. The van der Waals surface area contributed by atoms with E-state index in [1.54, 1.807) is 11.1 Å². The van der Waals surface area contributed by atoms with Crippen LogP contribution in [0.15, 0.2) is 11.1 Å². The Morgan fingerprint density at radius 3 is 2.05 bits per heavy atom. The van der Waals surface area contributed by atoms with E-state index < -0.39 is 86.2 Å². The molecule has 0 radical (unpaired) electrons. The molecule has 0 aromatic heterocycles. The number of hydrogen-bond acceptors (Lipinski definition) is 13. The van der Waals surface area contributed by atoms with Gasteiger partial charge in [-0.05, 0) is 103 Å². The number of rotatable bonds is 11. The first-order valence-electron chi connectivity index (χ1n) is 21.1. The smallest absolute Gasteiger partial charge is 0.335 e. The minimum atomic E-state index is -1.90. The van der Waals surface area contributed by atoms with Crippen molar-refractivity contribution in [2.45, 2.75) is 186 Å². The molecule has 0 amide bonds. The van der Waals surface area contributed by atoms with Crippen LogP contribution >= 0.6 is 0 Å². The lowest BCUT2D eigenvalue weighted by atomic mass is 9.45. The highest BCUT2D eigenvalue weighted by Gasteiger charge is 2.61. The number of carbonyl (C=O) groups is 1. The summed E-state index contributed by atoms with van der Waals surface area (Å²) >= 11 is 0. The molecule has 20 atom stereocenters. The molecule has 20 unspecified atom stereocenters. The summed E-state index contributed by atoms with van der Waals surface area (Å²) in [4.78, 5) is 11.5. The van der Waals surface area contributed by atoms with Gasteiger partial charge in [-0.25, -0.2) is 4.79 Å². The normalized spacial score (nSPS) is 47.4. The Morgan fingerprint density at radius 1 is 0.768 bits per heavy atom. The van der Waals surface area contributed by atoms with E-state index in [1.165, 1.54) is 0 Å². The Kier molecular flexibility index (Phi) is 12.9. The van der Waals surface area contributed by atoms with Gasteiger partial charge in [0.25, 0.3) is 0 Å². The summed E-state index contributed by atoms with van der Waals surface area (Å²) in [6.07, 6.45) is -10.9. The Balaban J connectivity index is 1.13. The minimum absolute atomic E-state index is 0.00921. The highest BCUT2D eigenvalue weighted by molar-refractivity contribution is 5.73. The van der Waals surface area contributed by atoms with Crippen molar-refractivity contribution < 1.29 is 69.7 Å². The summed E-state index contributed by atoms with van der Waals surface area (Å²) in [6.45, 7) is 17.0. The SMILES string of the molecule is CC(C)C(C)C(O)C(O)C(C)C1CCC2C3=C(CCC21C)C1(C)CCC(OC2OC(COC4OC(C(=O)O)C(O)C(O)C4O)C(O)C(O)C2O)C(C)(C)C1CC3. The van der Waals surface area contributed by atoms with E-state index in [0.717, 1.165) is 44.9 Å². The molecule has 0 aromatic carbocycles. The molecular weight excluding hydrogens is 728 g/mol. The number of ether oxygens (including phenoxy) is 4. The van der Waals surface area contributed by atoms with Crippen LogP contribution in [0.25, 0.3) is 0 Å². The van der Waals surface area contributed by atoms with Gasteiger partial charge in [0.05, 0.1) is 24.9 Å². The Hall–Kier alpha value is -1.27. The fraction of sp³-hybridized carbons (Fsp3) is 0.929. The molecule has 9 N–H and O–H groups in total. The fourth-order valence-corrected chi connectivity index (χ4v) is 12.4. The van der Waals surface area contributed by atoms with Crippen molar-refractivity contribution in [2.75, 3.05) is 6.61 Å². The average Bonchev–Trinajstić information content (AvgIpc) is 3.50. The van der Waals surface area contributed by atoms with Crippen LogP contribution in [0.2, 0.25) is 0 Å². The molecule has 4 aliphatic carbocycles. The van der Waals surface area contributed by atoms with Gasteiger partial charge in [-0.2, -0.15) is 0 Å². The first kappa shape index (κ1) is 44.3. The van der Waals surface area contributed by atoms with Crippen molar-refractivity contribution in [1.29, 1.82) is 0 Å². The number of fused-ring (bicyclic) bond motifs is 4. The second-order valence-corrected chi connectivity index (χ2v) is 19.8. The van der Waals surface area contributed by atoms with Crippen molar-refractivity contribution in [3.05, 3.63) is 11.1 Å². The molecule has 14 heteroatoms. The maximum Gasteiger partial charge on any atom is 0.335 e. The van der Waals surface area contributed by atoms with E-state index >= 15 is 0 Å². The number of aliphatic hydroxyl groups excluding tert-OH is 8. The quantitative estimate of drug-likeness (QED) is 0.136. The molecule has 0 aromatic rings. The maximum atomic E-state index is 11.5. The monoisotopic (exact) mass is 798 g/mol. The van der Waals surface area contributed by atoms with Gasteiger partial charge >= 0.3 is 5.97 Å². The van der Waals surface area contributed by atoms with Gasteiger partial charge in [0.15, 0.2) is 18.7 Å². The Bertz CT molecular complexity index is 1440. The van der Waals surface area contributed by atoms with Crippen LogP contribution in [0.5, 0.6) is 0 Å². The van der Waals surface area contributed by atoms with Crippen LogP contribution in [-0.4, -0.2) is 138 Å². The molecule has 2 saturated heterocycles. The molecule has 0 bridgehead atoms. The van der Waals surface area contributed by atoms with Crippen molar-refractivity contribution >= 4 is 5.97 Å². The number of carboxylic acids is 1. The molecule has 2 heterocycles. The van der Waals surface area contributed by atoms with E-state index in [1.807, 2.05) is 6.92 Å². The predicted molar refractivity (Wildman–Crippen MR) is 201 cm³/mol. The summed E-state index contributed by atoms with van der Waals surface area (Å²) < 4.78 is 23.3. The molecule has 2 aliphatic heterocycles. The van der Waals surface area contributed by atoms with Gasteiger partial charge in [-0.1, -0.05) is 66.5 Å². The predicted octanol–water partition coefficient (Wildman–Crippen LogP) is 2.10. The summed E-state index contributed by atoms with van der Waals surface area (Å²) in [5, 5.41) is 95.1. The summed E-state index contributed by atoms with van der Waals surface area (Å²) in [5.74, 6) is -0.269.